The summed E-state index contributed by atoms with van der Waals surface area (Å²) < 4.78 is 0. The first-order valence-electron chi connectivity index (χ1n) is 0. The van der Waals surface area contributed by atoms with Gasteiger partial charge in [0.25, 0.3) is 0 Å². The first-order valence-corrected chi connectivity index (χ1v) is 0. The van der Waals surface area contributed by atoms with E-state index in [0.29, 0.717) is 0 Å². The van der Waals surface area contributed by atoms with Gasteiger partial charge in [0.05, 0.1) is 0 Å². The van der Waals surface area contributed by atoms with Crippen LogP contribution >= 0.6 is 0 Å². The summed E-state index contributed by atoms with van der Waals surface area (Å²) in [6.07, 6.45) is 0. The van der Waals surface area contributed by atoms with Crippen LogP contribution in [0.2, 0.25) is 0 Å². The molecule has 0 rings (SSSR count). The van der Waals surface area contributed by atoms with Gasteiger partial charge >= 0.3 is 0 Å². The molecule has 0 heterocycles. The van der Waals surface area contributed by atoms with Crippen molar-refractivity contribution in [1.82, 2.24) is 0 Å². The molecule has 0 saturated carbocycles. The van der Waals surface area contributed by atoms with E-state index in [1.165, 1.54) is 0 Å². The number of hydrogen-bond acceptors (Lipinski definition) is 0. The molecule has 0 aliphatic rings. The summed E-state index contributed by atoms with van der Waals surface area (Å²) in [7, 11) is 0. The molecule has 8 heavy (non-hydrogen) atoms. The number of rotatable bonds is 0. The molecular formula is V4Y4. The third-order valence-corrected chi connectivity index (χ3v) is 0. The van der Waals surface area contributed by atoms with E-state index in [-0.39, 0.29) is 205 Å². The minimum absolute atomic E-state index is 0. The monoisotopic (exact) mass is 559 g/mol. The van der Waals surface area contributed by atoms with Gasteiger partial charge in [0.2, 0.25) is 0 Å². The first kappa shape index (κ1) is 61.2. The Labute approximate surface area is 199 Å². The SMILES string of the molecule is [V].[V].[V].[V].[Y].[Y].[Y].[Y]. The quantitative estimate of drug-likeness (QED) is 0.392. The van der Waals surface area contributed by atoms with Crippen LogP contribution in [0.3, 0.4) is 0 Å². The van der Waals surface area contributed by atoms with Gasteiger partial charge in [-0.25, -0.2) is 0 Å². The Hall–Kier alpha value is 6.75. The molecular weight excluding hydrogens is 559 g/mol. The average Bonchev–Trinajstić information content (AvgIpc) is 0. The number of hydrogen-bond donors (Lipinski definition) is 0. The molecule has 8 radical (unpaired) electrons. The molecule has 8 heteroatoms. The standard InChI is InChI=1S/4V.4Y. The molecule has 0 aliphatic carbocycles. The fourth-order valence-corrected chi connectivity index (χ4v) is 0. The summed E-state index contributed by atoms with van der Waals surface area (Å²) in [5.74, 6) is 0. The topological polar surface area (TPSA) is 0 Å². The van der Waals surface area contributed by atoms with Crippen molar-refractivity contribution in [2.45, 2.75) is 0 Å². The fraction of sp³-hybridized carbons (Fsp3) is 0. The predicted octanol–water partition coefficient (Wildman–Crippen LogP) is -0.0200. The van der Waals surface area contributed by atoms with E-state index in [4.69, 9.17) is 0 Å². The van der Waals surface area contributed by atoms with Crippen LogP contribution in [-0.4, -0.2) is 0 Å². The Balaban J connectivity index is 0. The Morgan fingerprint density at radius 2 is 0.250 bits per heavy atom. The molecule has 0 N–H and O–H groups in total. The predicted molar refractivity (Wildman–Crippen MR) is 0 cm³/mol. The van der Waals surface area contributed by atoms with Crippen LogP contribution in [0.4, 0.5) is 0 Å². The van der Waals surface area contributed by atoms with Gasteiger partial charge in [-0.3, -0.25) is 0 Å². The van der Waals surface area contributed by atoms with Crippen molar-refractivity contribution in [3.63, 3.8) is 0 Å². The molecule has 32 valence electrons. The van der Waals surface area contributed by atoms with Crippen molar-refractivity contribution < 1.29 is 205 Å². The van der Waals surface area contributed by atoms with Crippen molar-refractivity contribution in [2.24, 2.45) is 0 Å². The van der Waals surface area contributed by atoms with E-state index in [1.807, 2.05) is 0 Å². The van der Waals surface area contributed by atoms with Crippen LogP contribution in [0, 0.1) is 0 Å². The first-order chi connectivity index (χ1) is 0. The van der Waals surface area contributed by atoms with Gasteiger partial charge in [-0.2, -0.15) is 0 Å². The second kappa shape index (κ2) is 49.0. The van der Waals surface area contributed by atoms with E-state index in [2.05, 4.69) is 0 Å². The molecule has 0 aliphatic heterocycles. The van der Waals surface area contributed by atoms with E-state index < -0.39 is 0 Å². The summed E-state index contributed by atoms with van der Waals surface area (Å²) in [5, 5.41) is 0. The van der Waals surface area contributed by atoms with Gasteiger partial charge in [-0.15, -0.1) is 0 Å². The summed E-state index contributed by atoms with van der Waals surface area (Å²) in [4.78, 5) is 0. The van der Waals surface area contributed by atoms with Gasteiger partial charge < -0.3 is 0 Å². The van der Waals surface area contributed by atoms with Gasteiger partial charge in [-0.1, -0.05) is 0 Å². The van der Waals surface area contributed by atoms with Gasteiger partial charge in [-0.05, 0) is 0 Å². The summed E-state index contributed by atoms with van der Waals surface area (Å²) in [6.45, 7) is 0. The molecule has 0 bridgehead atoms. The van der Waals surface area contributed by atoms with Crippen molar-refractivity contribution in [1.29, 1.82) is 0 Å². The molecule has 0 amide bonds. The zero-order valence-corrected chi connectivity index (χ0v) is 21.0. The summed E-state index contributed by atoms with van der Waals surface area (Å²) >= 11 is 0. The maximum Gasteiger partial charge on any atom is 0 e. The molecule has 0 spiro atoms. The molecule has 0 aromatic rings. The fourth-order valence-electron chi connectivity index (χ4n) is 0. The van der Waals surface area contributed by atoms with Crippen molar-refractivity contribution in [2.75, 3.05) is 0 Å². The minimum Gasteiger partial charge on any atom is 0 e. The van der Waals surface area contributed by atoms with Gasteiger partial charge in [0, 0.05) is 205 Å². The van der Waals surface area contributed by atoms with E-state index in [9.17, 15) is 0 Å². The van der Waals surface area contributed by atoms with Crippen LogP contribution in [0.25, 0.3) is 0 Å². The zero-order chi connectivity index (χ0) is 0. The second-order valence-electron chi connectivity index (χ2n) is 0. The molecule has 0 aromatic carbocycles. The zero-order valence-electron chi connectivity index (χ0n) is 4.10. The summed E-state index contributed by atoms with van der Waals surface area (Å²) in [6, 6.07) is 0. The maximum atomic E-state index is 0. The third kappa shape index (κ3) is 38.6. The Kier molecular flexibility index (Phi) is 375. The molecule has 0 nitrogen and oxygen atoms in total. The van der Waals surface area contributed by atoms with Crippen molar-refractivity contribution >= 4 is 0 Å². The van der Waals surface area contributed by atoms with Crippen molar-refractivity contribution in [3.05, 3.63) is 0 Å². The normalized spacial score (nSPS) is 0. The summed E-state index contributed by atoms with van der Waals surface area (Å²) in [5.41, 5.74) is 0. The molecule has 0 unspecified atom stereocenters. The van der Waals surface area contributed by atoms with E-state index in [1.54, 1.807) is 0 Å². The molecule has 0 fully saturated rings. The maximum absolute atomic E-state index is 0. The smallest absolute Gasteiger partial charge is 0 e. The Bertz CT molecular complexity index is 8.00. The van der Waals surface area contributed by atoms with Crippen LogP contribution in [0.5, 0.6) is 0 Å². The third-order valence-electron chi connectivity index (χ3n) is 0. The van der Waals surface area contributed by atoms with Crippen LogP contribution in [-0.2, 0) is 205 Å². The van der Waals surface area contributed by atoms with Crippen LogP contribution < -0.4 is 0 Å². The second-order valence-corrected chi connectivity index (χ2v) is 0. The Morgan fingerprint density at radius 1 is 0.250 bits per heavy atom. The van der Waals surface area contributed by atoms with E-state index >= 15 is 0 Å². The Morgan fingerprint density at radius 3 is 0.250 bits per heavy atom. The average molecular weight is 559 g/mol. The van der Waals surface area contributed by atoms with E-state index in [0.717, 1.165) is 0 Å². The molecule has 0 aromatic heterocycles. The minimum atomic E-state index is 0. The van der Waals surface area contributed by atoms with Crippen molar-refractivity contribution in [3.8, 4) is 0 Å². The largest absolute Gasteiger partial charge is 0 e. The van der Waals surface area contributed by atoms with Gasteiger partial charge in [0.15, 0.2) is 0 Å². The van der Waals surface area contributed by atoms with Gasteiger partial charge in [0.1, 0.15) is 0 Å². The van der Waals surface area contributed by atoms with Crippen LogP contribution in [0.15, 0.2) is 0 Å². The molecule has 0 atom stereocenters. The van der Waals surface area contributed by atoms with Crippen LogP contribution in [0.1, 0.15) is 0 Å². The molecule has 0 saturated heterocycles.